The van der Waals surface area contributed by atoms with Crippen LogP contribution in [0, 0.1) is 17.2 Å². The van der Waals surface area contributed by atoms with Gasteiger partial charge in [-0.15, -0.1) is 5.10 Å². The minimum absolute atomic E-state index is 0.113. The average molecular weight is 331 g/mol. The smallest absolute Gasteiger partial charge is 0.167 e. The zero-order valence-corrected chi connectivity index (χ0v) is 15.3. The van der Waals surface area contributed by atoms with E-state index in [9.17, 15) is 5.26 Å². The molecule has 132 valence electrons. The lowest BCUT2D eigenvalue weighted by atomic mass is 10.0. The van der Waals surface area contributed by atoms with Crippen molar-refractivity contribution in [1.29, 1.82) is 5.26 Å². The van der Waals surface area contributed by atoms with Gasteiger partial charge in [-0.1, -0.05) is 27.7 Å². The first-order valence-electron chi connectivity index (χ1n) is 8.95. The van der Waals surface area contributed by atoms with Crippen LogP contribution in [-0.4, -0.2) is 54.0 Å². The second-order valence-corrected chi connectivity index (χ2v) is 6.69. The zero-order chi connectivity index (χ0) is 17.5. The highest BCUT2D eigenvalue weighted by atomic mass is 16.5. The molecular formula is C18H29N5O. The lowest BCUT2D eigenvalue weighted by molar-refractivity contribution is -0.0244. The maximum Gasteiger partial charge on any atom is 0.167 e. The summed E-state index contributed by atoms with van der Waals surface area (Å²) in [6.45, 7) is 13.0. The molecule has 1 fully saturated rings. The summed E-state index contributed by atoms with van der Waals surface area (Å²) in [5.74, 6) is 1.23. The summed E-state index contributed by atoms with van der Waals surface area (Å²) in [7, 11) is 0. The molecule has 24 heavy (non-hydrogen) atoms. The molecule has 0 amide bonds. The Balaban J connectivity index is 2.03. The Morgan fingerprint density at radius 3 is 2.75 bits per heavy atom. The van der Waals surface area contributed by atoms with Crippen molar-refractivity contribution < 1.29 is 4.74 Å². The fourth-order valence-electron chi connectivity index (χ4n) is 3.21. The van der Waals surface area contributed by atoms with E-state index in [0.29, 0.717) is 23.8 Å². The molecule has 6 nitrogen and oxygen atoms in total. The number of ether oxygens (including phenoxy) is 1. The standard InChI is InChI=1S/C18H29N5O/c1-5-15-16(9-19)18(22-21-17(15)6-2)20-10-14-12-23(7-8-24-14)11-13(3)4/h13-14H,5-8,10-12H2,1-4H3,(H,20,22). The Labute approximate surface area is 145 Å². The number of rotatable bonds is 7. The maximum atomic E-state index is 9.53. The molecule has 1 aliphatic heterocycles. The van der Waals surface area contributed by atoms with Gasteiger partial charge in [-0.2, -0.15) is 10.4 Å². The van der Waals surface area contributed by atoms with Crippen molar-refractivity contribution in [3.05, 3.63) is 16.8 Å². The van der Waals surface area contributed by atoms with Crippen LogP contribution in [0.3, 0.4) is 0 Å². The summed E-state index contributed by atoms with van der Waals surface area (Å²) >= 11 is 0. The van der Waals surface area contributed by atoms with Gasteiger partial charge in [-0.3, -0.25) is 4.90 Å². The highest BCUT2D eigenvalue weighted by Crippen LogP contribution is 2.20. The van der Waals surface area contributed by atoms with E-state index in [1.54, 1.807) is 0 Å². The number of hydrogen-bond donors (Lipinski definition) is 1. The summed E-state index contributed by atoms with van der Waals surface area (Å²) in [5.41, 5.74) is 2.54. The largest absolute Gasteiger partial charge is 0.374 e. The Morgan fingerprint density at radius 2 is 2.12 bits per heavy atom. The molecule has 0 saturated carbocycles. The van der Waals surface area contributed by atoms with Crippen LogP contribution in [-0.2, 0) is 17.6 Å². The lowest BCUT2D eigenvalue weighted by Crippen LogP contribution is -2.46. The van der Waals surface area contributed by atoms with Crippen LogP contribution >= 0.6 is 0 Å². The summed E-state index contributed by atoms with van der Waals surface area (Å²) in [6.07, 6.45) is 1.70. The molecule has 0 radical (unpaired) electrons. The van der Waals surface area contributed by atoms with Crippen LogP contribution in [0.25, 0.3) is 0 Å². The van der Waals surface area contributed by atoms with Crippen molar-refractivity contribution in [2.24, 2.45) is 5.92 Å². The van der Waals surface area contributed by atoms with Crippen molar-refractivity contribution >= 4 is 5.82 Å². The monoisotopic (exact) mass is 331 g/mol. The maximum absolute atomic E-state index is 9.53. The summed E-state index contributed by atoms with van der Waals surface area (Å²) in [5, 5.41) is 21.3. The number of aromatic nitrogens is 2. The third kappa shape index (κ3) is 4.65. The molecule has 1 aromatic rings. The molecule has 1 unspecified atom stereocenters. The Kier molecular flexibility index (Phi) is 6.95. The van der Waals surface area contributed by atoms with Crippen molar-refractivity contribution in [2.45, 2.75) is 46.6 Å². The van der Waals surface area contributed by atoms with Crippen LogP contribution in [0.2, 0.25) is 0 Å². The molecular weight excluding hydrogens is 302 g/mol. The third-order valence-corrected chi connectivity index (χ3v) is 4.30. The molecule has 0 aliphatic carbocycles. The Morgan fingerprint density at radius 1 is 1.33 bits per heavy atom. The minimum atomic E-state index is 0.113. The number of nitriles is 1. The second-order valence-electron chi connectivity index (χ2n) is 6.69. The first-order chi connectivity index (χ1) is 11.6. The number of hydrogen-bond acceptors (Lipinski definition) is 6. The Bertz CT molecular complexity index is 582. The Hall–Kier alpha value is -1.71. The van der Waals surface area contributed by atoms with Gasteiger partial charge in [0.25, 0.3) is 0 Å². The van der Waals surface area contributed by atoms with Gasteiger partial charge in [-0.05, 0) is 24.3 Å². The number of nitrogens with one attached hydrogen (secondary N) is 1. The molecule has 0 aromatic carbocycles. The van der Waals surface area contributed by atoms with Gasteiger partial charge in [0.2, 0.25) is 0 Å². The molecule has 1 aromatic heterocycles. The van der Waals surface area contributed by atoms with Gasteiger partial charge in [0.1, 0.15) is 11.6 Å². The van der Waals surface area contributed by atoms with E-state index < -0.39 is 0 Å². The highest BCUT2D eigenvalue weighted by molar-refractivity contribution is 5.56. The van der Waals surface area contributed by atoms with Gasteiger partial charge in [0.05, 0.1) is 18.4 Å². The van der Waals surface area contributed by atoms with Gasteiger partial charge in [-0.25, -0.2) is 0 Å². The predicted molar refractivity (Wildman–Crippen MR) is 95.0 cm³/mol. The van der Waals surface area contributed by atoms with Crippen molar-refractivity contribution in [3.8, 4) is 6.07 Å². The topological polar surface area (TPSA) is 74.1 Å². The summed E-state index contributed by atoms with van der Waals surface area (Å²) < 4.78 is 5.85. The van der Waals surface area contributed by atoms with E-state index in [-0.39, 0.29) is 6.10 Å². The predicted octanol–water partition coefficient (Wildman–Crippen LogP) is 2.24. The van der Waals surface area contributed by atoms with Crippen LogP contribution in [0.4, 0.5) is 5.82 Å². The molecule has 1 aliphatic rings. The molecule has 0 spiro atoms. The molecule has 6 heteroatoms. The first kappa shape index (κ1) is 18.6. The van der Waals surface area contributed by atoms with E-state index in [1.165, 1.54) is 0 Å². The SMILES string of the molecule is CCc1nnc(NCC2CN(CC(C)C)CCO2)c(C#N)c1CC. The lowest BCUT2D eigenvalue weighted by Gasteiger charge is -2.34. The van der Waals surface area contributed by atoms with E-state index in [1.807, 2.05) is 6.92 Å². The normalized spacial score (nSPS) is 18.6. The highest BCUT2D eigenvalue weighted by Gasteiger charge is 2.22. The average Bonchev–Trinajstić information content (AvgIpc) is 2.58. The van der Waals surface area contributed by atoms with Crippen molar-refractivity contribution in [3.63, 3.8) is 0 Å². The molecule has 2 rings (SSSR count). The van der Waals surface area contributed by atoms with Crippen molar-refractivity contribution in [1.82, 2.24) is 15.1 Å². The number of morpholine rings is 1. The minimum Gasteiger partial charge on any atom is -0.374 e. The van der Waals surface area contributed by atoms with Gasteiger partial charge >= 0.3 is 0 Å². The van der Waals surface area contributed by atoms with E-state index in [4.69, 9.17) is 4.74 Å². The molecule has 0 bridgehead atoms. The third-order valence-electron chi connectivity index (χ3n) is 4.30. The molecule has 2 heterocycles. The quantitative estimate of drug-likeness (QED) is 0.826. The molecule has 1 saturated heterocycles. The van der Waals surface area contributed by atoms with E-state index in [0.717, 1.165) is 50.3 Å². The number of aryl methyl sites for hydroxylation is 1. The zero-order valence-electron chi connectivity index (χ0n) is 15.3. The van der Waals surface area contributed by atoms with Gasteiger partial charge in [0.15, 0.2) is 5.82 Å². The van der Waals surface area contributed by atoms with Crippen molar-refractivity contribution in [2.75, 3.05) is 38.1 Å². The van der Waals surface area contributed by atoms with Crippen LogP contribution in [0.1, 0.15) is 44.5 Å². The van der Waals surface area contributed by atoms with Gasteiger partial charge in [0, 0.05) is 26.2 Å². The molecule has 1 N–H and O–H groups in total. The number of anilines is 1. The molecule has 1 atom stereocenters. The van der Waals surface area contributed by atoms with Crippen LogP contribution in [0.15, 0.2) is 0 Å². The second kappa shape index (κ2) is 8.95. The summed E-state index contributed by atoms with van der Waals surface area (Å²) in [4.78, 5) is 2.44. The fourth-order valence-corrected chi connectivity index (χ4v) is 3.21. The van der Waals surface area contributed by atoms with E-state index >= 15 is 0 Å². The van der Waals surface area contributed by atoms with Crippen LogP contribution < -0.4 is 5.32 Å². The van der Waals surface area contributed by atoms with Crippen LogP contribution in [0.5, 0.6) is 0 Å². The fraction of sp³-hybridized carbons (Fsp3) is 0.722. The number of nitrogens with zero attached hydrogens (tertiary/aromatic N) is 4. The van der Waals surface area contributed by atoms with Gasteiger partial charge < -0.3 is 10.1 Å². The first-order valence-corrected chi connectivity index (χ1v) is 8.95. The van der Waals surface area contributed by atoms with E-state index in [2.05, 4.69) is 47.3 Å². The summed E-state index contributed by atoms with van der Waals surface area (Å²) in [6, 6.07) is 2.30.